The molecule has 1 aliphatic carbocycles. The normalized spacial score (nSPS) is 33.7. The number of hydrogen-bond donors (Lipinski definition) is 1. The Morgan fingerprint density at radius 3 is 2.49 bits per heavy atom. The minimum Gasteiger partial charge on any atom is -0.453 e. The number of piperazine rings is 1. The molecular formula is C23H41N5O6S. The maximum atomic E-state index is 13.0. The highest BCUT2D eigenvalue weighted by atomic mass is 32.2. The predicted octanol–water partition coefficient (Wildman–Crippen LogP) is 1.31. The molecule has 3 saturated heterocycles. The van der Waals surface area contributed by atoms with E-state index in [2.05, 4.69) is 10.4 Å². The van der Waals surface area contributed by atoms with E-state index in [1.165, 1.54) is 7.11 Å². The van der Waals surface area contributed by atoms with Gasteiger partial charge in [0, 0.05) is 39.3 Å². The number of nitrogens with one attached hydrogen (secondary N) is 1. The van der Waals surface area contributed by atoms with Crippen LogP contribution in [0.25, 0.3) is 0 Å². The first-order valence-electron chi connectivity index (χ1n) is 12.9. The fourth-order valence-corrected chi connectivity index (χ4v) is 7.82. The summed E-state index contributed by atoms with van der Waals surface area (Å²) in [5, 5.41) is 2.14. The highest BCUT2D eigenvalue weighted by Crippen LogP contribution is 2.40. The molecule has 5 unspecified atom stereocenters. The first-order chi connectivity index (χ1) is 16.6. The van der Waals surface area contributed by atoms with Crippen molar-refractivity contribution in [3.8, 4) is 0 Å². The molecule has 3 heterocycles. The van der Waals surface area contributed by atoms with Crippen molar-refractivity contribution in [3.05, 3.63) is 0 Å². The number of fused-ring (bicyclic) bond motifs is 1. The highest BCUT2D eigenvalue weighted by molar-refractivity contribution is 7.89. The third-order valence-electron chi connectivity index (χ3n) is 7.99. The third-order valence-corrected chi connectivity index (χ3v) is 9.95. The van der Waals surface area contributed by atoms with Gasteiger partial charge in [0.1, 0.15) is 0 Å². The van der Waals surface area contributed by atoms with Gasteiger partial charge < -0.3 is 14.4 Å². The molecule has 3 aliphatic heterocycles. The summed E-state index contributed by atoms with van der Waals surface area (Å²) in [5.41, 5.74) is 3.45. The number of sulfonamides is 1. The fourth-order valence-electron chi connectivity index (χ4n) is 6.30. The largest absolute Gasteiger partial charge is 0.453 e. The Morgan fingerprint density at radius 2 is 1.83 bits per heavy atom. The molecule has 1 N–H and O–H groups in total. The number of amides is 2. The molecule has 4 aliphatic rings. The minimum absolute atomic E-state index is 0.0898. The molecule has 0 aromatic carbocycles. The molecule has 0 radical (unpaired) electrons. The van der Waals surface area contributed by atoms with Crippen molar-refractivity contribution in [3.63, 3.8) is 0 Å². The molecule has 4 fully saturated rings. The van der Waals surface area contributed by atoms with Gasteiger partial charge in [-0.1, -0.05) is 0 Å². The van der Waals surface area contributed by atoms with Crippen molar-refractivity contribution in [1.82, 2.24) is 24.5 Å². The Labute approximate surface area is 209 Å². The van der Waals surface area contributed by atoms with Gasteiger partial charge in [0.25, 0.3) is 0 Å². The summed E-state index contributed by atoms with van der Waals surface area (Å²) in [6.45, 7) is 9.54. The summed E-state index contributed by atoms with van der Waals surface area (Å²) in [6, 6.07) is -0.349. The Balaban J connectivity index is 1.40. The Hall–Kier alpha value is -1.63. The van der Waals surface area contributed by atoms with Gasteiger partial charge in [0.15, 0.2) is 0 Å². The van der Waals surface area contributed by atoms with Crippen molar-refractivity contribution in [2.24, 2.45) is 11.8 Å². The quantitative estimate of drug-likeness (QED) is 0.584. The van der Waals surface area contributed by atoms with Crippen LogP contribution in [0.1, 0.15) is 46.5 Å². The fraction of sp³-hybridized carbons (Fsp3) is 0.913. The van der Waals surface area contributed by atoms with Crippen LogP contribution in [0.5, 0.6) is 0 Å². The lowest BCUT2D eigenvalue weighted by Gasteiger charge is -2.53. The highest BCUT2D eigenvalue weighted by Gasteiger charge is 2.49. The number of nitrogens with zero attached hydrogens (tertiary/aromatic N) is 4. The minimum atomic E-state index is -3.08. The van der Waals surface area contributed by atoms with E-state index in [0.29, 0.717) is 44.4 Å². The second-order valence-electron chi connectivity index (χ2n) is 10.7. The van der Waals surface area contributed by atoms with Gasteiger partial charge >= 0.3 is 12.2 Å². The lowest BCUT2D eigenvalue weighted by molar-refractivity contribution is -0.0443. The van der Waals surface area contributed by atoms with Gasteiger partial charge in [-0.3, -0.25) is 10.3 Å². The van der Waals surface area contributed by atoms with Crippen molar-refractivity contribution < 1.29 is 27.5 Å². The Kier molecular flexibility index (Phi) is 8.14. The zero-order valence-electron chi connectivity index (χ0n) is 21.4. The van der Waals surface area contributed by atoms with E-state index in [4.69, 9.17) is 9.47 Å². The second kappa shape index (κ2) is 10.8. The van der Waals surface area contributed by atoms with Crippen molar-refractivity contribution >= 4 is 22.2 Å². The number of hydrazine groups is 1. The number of rotatable bonds is 5. The number of carbonyl (C=O) groups is 2. The van der Waals surface area contributed by atoms with E-state index in [1.807, 2.05) is 30.6 Å². The summed E-state index contributed by atoms with van der Waals surface area (Å²) >= 11 is 0. The molecule has 11 nitrogen and oxygen atoms in total. The van der Waals surface area contributed by atoms with Gasteiger partial charge in [-0.25, -0.2) is 27.3 Å². The van der Waals surface area contributed by atoms with E-state index in [0.717, 1.165) is 32.4 Å². The van der Waals surface area contributed by atoms with Crippen LogP contribution in [0.2, 0.25) is 0 Å². The summed E-state index contributed by atoms with van der Waals surface area (Å²) in [7, 11) is -1.68. The molecule has 12 heteroatoms. The third kappa shape index (κ3) is 5.70. The van der Waals surface area contributed by atoms with Crippen LogP contribution in [0.3, 0.4) is 0 Å². The molecule has 4 rings (SSSR count). The Bertz CT molecular complexity index is 886. The zero-order chi connectivity index (χ0) is 25.3. The Morgan fingerprint density at radius 1 is 1.06 bits per heavy atom. The van der Waals surface area contributed by atoms with Crippen molar-refractivity contribution in [2.75, 3.05) is 52.1 Å². The molecule has 200 valence electrons. The molecule has 0 aromatic heterocycles. The van der Waals surface area contributed by atoms with Crippen molar-refractivity contribution in [1.29, 1.82) is 0 Å². The number of methoxy groups -OCH3 is 1. The molecule has 0 spiro atoms. The standard InChI is InChI=1S/C23H41N5O6S/c1-16(2)34-22(29)27-14-17(3)28(23(30)33-4)20-7-6-18(12-21(20)27)19-13-24-25(15-19)9-10-26-8-5-11-35(26,31)32/h16-21,24H,5-15H2,1-4H3. The molecule has 1 saturated carbocycles. The van der Waals surface area contributed by atoms with E-state index < -0.39 is 10.0 Å². The number of carbonyl (C=O) groups excluding carboxylic acids is 2. The summed E-state index contributed by atoms with van der Waals surface area (Å²) < 4.78 is 36.4. The first-order valence-corrected chi connectivity index (χ1v) is 14.5. The summed E-state index contributed by atoms with van der Waals surface area (Å²) in [4.78, 5) is 29.2. The molecule has 35 heavy (non-hydrogen) atoms. The van der Waals surface area contributed by atoms with Gasteiger partial charge in [-0.2, -0.15) is 0 Å². The molecule has 5 atom stereocenters. The average molecular weight is 516 g/mol. The van der Waals surface area contributed by atoms with E-state index in [1.54, 1.807) is 4.31 Å². The topological polar surface area (TPSA) is 112 Å². The van der Waals surface area contributed by atoms with Gasteiger partial charge in [-0.15, -0.1) is 0 Å². The molecule has 2 amide bonds. The lowest BCUT2D eigenvalue weighted by atomic mass is 9.73. The smallest absolute Gasteiger partial charge is 0.410 e. The van der Waals surface area contributed by atoms with Crippen LogP contribution >= 0.6 is 0 Å². The molecule has 0 aromatic rings. The predicted molar refractivity (Wildman–Crippen MR) is 130 cm³/mol. The van der Waals surface area contributed by atoms with Crippen LogP contribution in [0, 0.1) is 11.8 Å². The number of ether oxygens (including phenoxy) is 2. The summed E-state index contributed by atoms with van der Waals surface area (Å²) in [6.07, 6.45) is 2.43. The maximum absolute atomic E-state index is 13.0. The SMILES string of the molecule is COC(=O)N1C(C)CN(C(=O)OC(C)C)C2CC(C3CNN(CCN4CCCS4(=O)=O)C3)CCC21. The monoisotopic (exact) mass is 515 g/mol. The average Bonchev–Trinajstić information content (AvgIpc) is 3.41. The molecular weight excluding hydrogens is 474 g/mol. The van der Waals surface area contributed by atoms with Crippen LogP contribution in [0.15, 0.2) is 0 Å². The second-order valence-corrected chi connectivity index (χ2v) is 12.7. The first kappa shape index (κ1) is 26.4. The van der Waals surface area contributed by atoms with E-state index in [-0.39, 0.29) is 42.2 Å². The lowest BCUT2D eigenvalue weighted by Crippen LogP contribution is -2.67. The van der Waals surface area contributed by atoms with Gasteiger partial charge in [0.05, 0.1) is 37.1 Å². The summed E-state index contributed by atoms with van der Waals surface area (Å²) in [5.74, 6) is 1.05. The van der Waals surface area contributed by atoms with Crippen molar-refractivity contribution in [2.45, 2.75) is 70.7 Å². The van der Waals surface area contributed by atoms with Crippen LogP contribution in [-0.2, 0) is 19.5 Å². The van der Waals surface area contributed by atoms with E-state index >= 15 is 0 Å². The van der Waals surface area contributed by atoms with Gasteiger partial charge in [0.2, 0.25) is 10.0 Å². The van der Waals surface area contributed by atoms with Crippen LogP contribution < -0.4 is 5.43 Å². The number of hydrogen-bond acceptors (Lipinski definition) is 8. The van der Waals surface area contributed by atoms with E-state index in [9.17, 15) is 18.0 Å². The van der Waals surface area contributed by atoms with Crippen LogP contribution in [0.4, 0.5) is 9.59 Å². The van der Waals surface area contributed by atoms with Gasteiger partial charge in [-0.05, 0) is 58.3 Å². The molecule has 0 bridgehead atoms. The van der Waals surface area contributed by atoms with Crippen LogP contribution in [-0.4, -0.2) is 116 Å². The maximum Gasteiger partial charge on any atom is 0.410 e. The zero-order valence-corrected chi connectivity index (χ0v) is 22.2.